The molecule has 0 saturated heterocycles. The van der Waals surface area contributed by atoms with Crippen molar-refractivity contribution in [2.75, 3.05) is 31.8 Å². The van der Waals surface area contributed by atoms with Crippen molar-refractivity contribution >= 4 is 39.8 Å². The molecule has 3 rings (SSSR count). The van der Waals surface area contributed by atoms with Gasteiger partial charge in [0.25, 0.3) is 0 Å². The van der Waals surface area contributed by atoms with Crippen LogP contribution in [0.25, 0.3) is 0 Å². The highest BCUT2D eigenvalue weighted by Gasteiger charge is 2.31. The molecular formula is C19H25N3O3S2. The monoisotopic (exact) mass is 407 g/mol. The van der Waals surface area contributed by atoms with Crippen LogP contribution in [-0.2, 0) is 4.74 Å². The maximum Gasteiger partial charge on any atom is 0.194 e. The molecule has 0 bridgehead atoms. The van der Waals surface area contributed by atoms with E-state index in [1.54, 1.807) is 37.3 Å². The number of anilines is 2. The number of ether oxygens (including phenoxy) is 3. The summed E-state index contributed by atoms with van der Waals surface area (Å²) >= 11 is 3.29. The van der Waals surface area contributed by atoms with Gasteiger partial charge in [0.15, 0.2) is 22.5 Å². The van der Waals surface area contributed by atoms with Crippen LogP contribution >= 0.6 is 23.1 Å². The molecule has 2 heterocycles. The van der Waals surface area contributed by atoms with Gasteiger partial charge in [-0.05, 0) is 12.1 Å². The normalized spacial score (nSPS) is 16.6. The molecule has 0 saturated carbocycles. The second-order valence-electron chi connectivity index (χ2n) is 7.17. The van der Waals surface area contributed by atoms with Crippen molar-refractivity contribution in [3.63, 3.8) is 0 Å². The van der Waals surface area contributed by atoms with Crippen LogP contribution in [0.2, 0.25) is 0 Å². The maximum atomic E-state index is 5.97. The molecular weight excluding hydrogens is 382 g/mol. The van der Waals surface area contributed by atoms with Gasteiger partial charge in [0.1, 0.15) is 6.10 Å². The molecule has 0 amide bonds. The molecule has 1 aliphatic heterocycles. The molecule has 1 unspecified atom stereocenters. The van der Waals surface area contributed by atoms with Crippen LogP contribution in [0.15, 0.2) is 33.6 Å². The summed E-state index contributed by atoms with van der Waals surface area (Å²) in [5.74, 6) is 2.93. The van der Waals surface area contributed by atoms with Crippen LogP contribution < -0.4 is 14.8 Å². The summed E-state index contributed by atoms with van der Waals surface area (Å²) in [7, 11) is 3.25. The largest absolute Gasteiger partial charge is 0.493 e. The predicted octanol–water partition coefficient (Wildman–Crippen LogP) is 4.84. The van der Waals surface area contributed by atoms with Crippen molar-refractivity contribution in [2.45, 2.75) is 31.1 Å². The van der Waals surface area contributed by atoms with E-state index in [1.165, 1.54) is 0 Å². The van der Waals surface area contributed by atoms with E-state index in [4.69, 9.17) is 14.2 Å². The van der Waals surface area contributed by atoms with Gasteiger partial charge in [0, 0.05) is 17.2 Å². The number of nitrogens with one attached hydrogen (secondary N) is 1. The third kappa shape index (κ3) is 5.07. The number of hydrogen-bond acceptors (Lipinski definition) is 8. The quantitative estimate of drug-likeness (QED) is 0.663. The van der Waals surface area contributed by atoms with Gasteiger partial charge >= 0.3 is 0 Å². The van der Waals surface area contributed by atoms with Gasteiger partial charge in [0.05, 0.1) is 36.9 Å². The van der Waals surface area contributed by atoms with Crippen molar-refractivity contribution < 1.29 is 14.2 Å². The first-order valence-corrected chi connectivity index (χ1v) is 10.5. The van der Waals surface area contributed by atoms with Crippen molar-refractivity contribution in [3.8, 4) is 11.5 Å². The molecule has 1 aromatic heterocycles. The Labute approximate surface area is 168 Å². The summed E-state index contributed by atoms with van der Waals surface area (Å²) in [4.78, 5) is 8.97. The van der Waals surface area contributed by atoms with Crippen LogP contribution in [0, 0.1) is 5.41 Å². The van der Waals surface area contributed by atoms with Crippen LogP contribution in [-0.4, -0.2) is 43.5 Å². The molecule has 0 spiro atoms. The Morgan fingerprint density at radius 2 is 2.04 bits per heavy atom. The lowest BCUT2D eigenvalue weighted by Crippen LogP contribution is -2.29. The Morgan fingerprint density at radius 1 is 1.26 bits per heavy atom. The van der Waals surface area contributed by atoms with E-state index in [0.29, 0.717) is 11.5 Å². The molecule has 146 valence electrons. The minimum Gasteiger partial charge on any atom is -0.493 e. The van der Waals surface area contributed by atoms with Gasteiger partial charge in [-0.15, -0.1) is 11.8 Å². The average molecular weight is 408 g/mol. The lowest BCUT2D eigenvalue weighted by molar-refractivity contribution is 0.102. The number of rotatable bonds is 7. The standard InChI is InChI=1S/C19H25N3O3S2/c1-19(2,3)15-9-20-16(25-15)11-26-17-10-21-18(27-17)22-12-6-7-13(23-4)14(8-12)24-5/h6-8,10,15H,9,11H2,1-5H3,(H,21,22). The van der Waals surface area contributed by atoms with E-state index < -0.39 is 0 Å². The molecule has 2 aromatic rings. The Balaban J connectivity index is 1.55. The van der Waals surface area contributed by atoms with E-state index in [2.05, 4.69) is 36.1 Å². The fourth-order valence-electron chi connectivity index (χ4n) is 2.51. The summed E-state index contributed by atoms with van der Waals surface area (Å²) in [6.07, 6.45) is 2.03. The summed E-state index contributed by atoms with van der Waals surface area (Å²) in [6.45, 7) is 7.28. The van der Waals surface area contributed by atoms with Gasteiger partial charge in [-0.1, -0.05) is 32.1 Å². The summed E-state index contributed by atoms with van der Waals surface area (Å²) in [5, 5.41) is 4.13. The molecule has 1 aromatic carbocycles. The van der Waals surface area contributed by atoms with Crippen LogP contribution in [0.4, 0.5) is 10.8 Å². The number of thioether (sulfide) groups is 1. The zero-order chi connectivity index (χ0) is 19.4. The highest BCUT2D eigenvalue weighted by Crippen LogP contribution is 2.34. The molecule has 1 aliphatic rings. The first-order chi connectivity index (χ1) is 12.9. The smallest absolute Gasteiger partial charge is 0.194 e. The first-order valence-electron chi connectivity index (χ1n) is 8.66. The number of hydrogen-bond donors (Lipinski definition) is 1. The minimum atomic E-state index is 0.108. The molecule has 1 N–H and O–H groups in total. The van der Waals surface area contributed by atoms with Crippen molar-refractivity contribution in [1.82, 2.24) is 4.98 Å². The Morgan fingerprint density at radius 3 is 2.70 bits per heavy atom. The van der Waals surface area contributed by atoms with Crippen molar-refractivity contribution in [3.05, 3.63) is 24.4 Å². The number of benzene rings is 1. The fraction of sp³-hybridized carbons (Fsp3) is 0.474. The molecule has 27 heavy (non-hydrogen) atoms. The van der Waals surface area contributed by atoms with Gasteiger partial charge in [-0.3, -0.25) is 4.99 Å². The average Bonchev–Trinajstić information content (AvgIpc) is 3.29. The van der Waals surface area contributed by atoms with E-state index in [1.807, 2.05) is 24.4 Å². The maximum absolute atomic E-state index is 5.97. The van der Waals surface area contributed by atoms with E-state index in [-0.39, 0.29) is 11.5 Å². The molecule has 1 atom stereocenters. The number of aliphatic imine (C=N–C) groups is 1. The number of aromatic nitrogens is 1. The Kier molecular flexibility index (Phi) is 6.16. The highest BCUT2D eigenvalue weighted by atomic mass is 32.2. The topological polar surface area (TPSA) is 65.0 Å². The van der Waals surface area contributed by atoms with Gasteiger partial charge in [0.2, 0.25) is 0 Å². The SMILES string of the molecule is COc1ccc(Nc2ncc(SCC3=NCC(C(C)(C)C)O3)s2)cc1OC. The van der Waals surface area contributed by atoms with Gasteiger partial charge in [-0.2, -0.15) is 0 Å². The predicted molar refractivity (Wildman–Crippen MR) is 112 cm³/mol. The van der Waals surface area contributed by atoms with Gasteiger partial charge < -0.3 is 19.5 Å². The van der Waals surface area contributed by atoms with Crippen LogP contribution in [0.3, 0.4) is 0 Å². The fourth-order valence-corrected chi connectivity index (χ4v) is 4.28. The lowest BCUT2D eigenvalue weighted by atomic mass is 9.89. The van der Waals surface area contributed by atoms with E-state index in [9.17, 15) is 0 Å². The second-order valence-corrected chi connectivity index (χ2v) is 9.48. The zero-order valence-corrected chi connectivity index (χ0v) is 17.9. The summed E-state index contributed by atoms with van der Waals surface area (Å²) < 4.78 is 17.7. The highest BCUT2D eigenvalue weighted by molar-refractivity contribution is 8.01. The zero-order valence-electron chi connectivity index (χ0n) is 16.2. The van der Waals surface area contributed by atoms with Crippen molar-refractivity contribution in [1.29, 1.82) is 0 Å². The van der Waals surface area contributed by atoms with Gasteiger partial charge in [-0.25, -0.2) is 4.98 Å². The third-order valence-corrected chi connectivity index (χ3v) is 6.23. The minimum absolute atomic E-state index is 0.108. The van der Waals surface area contributed by atoms with Crippen LogP contribution in [0.5, 0.6) is 11.5 Å². The van der Waals surface area contributed by atoms with Crippen molar-refractivity contribution in [2.24, 2.45) is 10.4 Å². The third-order valence-electron chi connectivity index (χ3n) is 4.13. The van der Waals surface area contributed by atoms with Crippen LogP contribution in [0.1, 0.15) is 20.8 Å². The molecule has 0 fully saturated rings. The first kappa shape index (κ1) is 19.8. The summed E-state index contributed by atoms with van der Waals surface area (Å²) in [6, 6.07) is 5.69. The number of thiazole rings is 1. The molecule has 0 radical (unpaired) electrons. The number of methoxy groups -OCH3 is 2. The number of nitrogens with zero attached hydrogens (tertiary/aromatic N) is 2. The second kappa shape index (κ2) is 8.39. The Bertz CT molecular complexity index is 815. The molecule has 6 nitrogen and oxygen atoms in total. The lowest BCUT2D eigenvalue weighted by Gasteiger charge is -2.25. The Hall–Kier alpha value is -1.93. The van der Waals surface area contributed by atoms with E-state index >= 15 is 0 Å². The molecule has 8 heteroatoms. The van der Waals surface area contributed by atoms with E-state index in [0.717, 1.165) is 33.2 Å². The summed E-state index contributed by atoms with van der Waals surface area (Å²) in [5.41, 5.74) is 1.01. The molecule has 0 aliphatic carbocycles.